The van der Waals surface area contributed by atoms with Crippen molar-refractivity contribution in [1.82, 2.24) is 9.78 Å². The molecule has 8 heteroatoms. The molecule has 0 fully saturated rings. The van der Waals surface area contributed by atoms with Gasteiger partial charge in [0.1, 0.15) is 5.69 Å². The highest BCUT2D eigenvalue weighted by molar-refractivity contribution is 5.69. The Hall–Kier alpha value is -2.12. The molecule has 8 nitrogen and oxygen atoms in total. The molecule has 0 aromatic carbocycles. The molecule has 0 spiro atoms. The van der Waals surface area contributed by atoms with E-state index in [1.165, 1.54) is 4.68 Å². The number of aliphatic carboxylic acids is 1. The first kappa shape index (κ1) is 14.9. The summed E-state index contributed by atoms with van der Waals surface area (Å²) in [7, 11) is 1.59. The zero-order chi connectivity index (χ0) is 14.6. The molecule has 0 aliphatic rings. The fourth-order valence-corrected chi connectivity index (χ4v) is 2.01. The van der Waals surface area contributed by atoms with Crippen molar-refractivity contribution in [2.75, 3.05) is 5.32 Å². The number of nitro groups is 1. The van der Waals surface area contributed by atoms with Crippen LogP contribution in [0.1, 0.15) is 31.9 Å². The maximum atomic E-state index is 11.0. The van der Waals surface area contributed by atoms with E-state index in [0.717, 1.165) is 6.42 Å². The Morgan fingerprint density at radius 3 is 2.74 bits per heavy atom. The minimum absolute atomic E-state index is 0.0881. The number of nitrogens with one attached hydrogen (secondary N) is 1. The number of aromatic nitrogens is 2. The molecule has 106 valence electrons. The van der Waals surface area contributed by atoms with Crippen molar-refractivity contribution in [3.63, 3.8) is 0 Å². The summed E-state index contributed by atoms with van der Waals surface area (Å²) in [6.07, 6.45) is 1.32. The molecule has 1 rings (SSSR count). The molecule has 0 bridgehead atoms. The van der Waals surface area contributed by atoms with Crippen molar-refractivity contribution >= 4 is 17.5 Å². The van der Waals surface area contributed by atoms with Crippen LogP contribution in [0.2, 0.25) is 0 Å². The van der Waals surface area contributed by atoms with Crippen molar-refractivity contribution in [2.24, 2.45) is 7.05 Å². The first-order valence-corrected chi connectivity index (χ1v) is 6.03. The minimum atomic E-state index is -0.938. The highest BCUT2D eigenvalue weighted by Crippen LogP contribution is 2.28. The molecule has 0 radical (unpaired) electrons. The van der Waals surface area contributed by atoms with Crippen LogP contribution >= 0.6 is 0 Å². The fourth-order valence-electron chi connectivity index (χ4n) is 2.01. The van der Waals surface area contributed by atoms with Crippen LogP contribution in [0.3, 0.4) is 0 Å². The first-order chi connectivity index (χ1) is 8.86. The monoisotopic (exact) mass is 270 g/mol. The molecule has 0 amide bonds. The van der Waals surface area contributed by atoms with Crippen LogP contribution in [0, 0.1) is 17.0 Å². The fraction of sp³-hybridized carbons (Fsp3) is 0.636. The van der Waals surface area contributed by atoms with Gasteiger partial charge in [0.2, 0.25) is 5.82 Å². The van der Waals surface area contributed by atoms with Crippen LogP contribution in [-0.4, -0.2) is 31.8 Å². The molecule has 0 aliphatic carbocycles. The zero-order valence-corrected chi connectivity index (χ0v) is 11.2. The third-order valence-corrected chi connectivity index (χ3v) is 2.77. The van der Waals surface area contributed by atoms with Gasteiger partial charge in [0.15, 0.2) is 0 Å². The lowest BCUT2D eigenvalue weighted by Crippen LogP contribution is -2.24. The van der Waals surface area contributed by atoms with Gasteiger partial charge < -0.3 is 10.4 Å². The molecule has 1 aromatic rings. The lowest BCUT2D eigenvalue weighted by atomic mass is 10.1. The normalized spacial score (nSPS) is 12.2. The van der Waals surface area contributed by atoms with E-state index in [9.17, 15) is 14.9 Å². The topological polar surface area (TPSA) is 110 Å². The lowest BCUT2D eigenvalue weighted by Gasteiger charge is -2.16. The molecule has 0 aliphatic heterocycles. The Morgan fingerprint density at radius 2 is 2.26 bits per heavy atom. The average Bonchev–Trinajstić information content (AvgIpc) is 2.53. The third kappa shape index (κ3) is 3.67. The summed E-state index contributed by atoms with van der Waals surface area (Å²) in [5.74, 6) is -0.685. The maximum Gasteiger partial charge on any atom is 0.333 e. The van der Waals surface area contributed by atoms with Gasteiger partial charge in [-0.15, -0.1) is 0 Å². The maximum absolute atomic E-state index is 11.0. The molecule has 1 heterocycles. The summed E-state index contributed by atoms with van der Waals surface area (Å²) in [5, 5.41) is 26.8. The van der Waals surface area contributed by atoms with Crippen LogP contribution in [-0.2, 0) is 11.8 Å². The molecule has 0 saturated carbocycles. The summed E-state index contributed by atoms with van der Waals surface area (Å²) >= 11 is 0. The van der Waals surface area contributed by atoms with Gasteiger partial charge in [-0.2, -0.15) is 5.10 Å². The Labute approximate surface area is 110 Å². The molecule has 0 saturated heterocycles. The highest BCUT2D eigenvalue weighted by Gasteiger charge is 2.26. The summed E-state index contributed by atoms with van der Waals surface area (Å²) in [4.78, 5) is 21.3. The van der Waals surface area contributed by atoms with Crippen LogP contribution in [0.4, 0.5) is 11.5 Å². The third-order valence-electron chi connectivity index (χ3n) is 2.77. The SMILES string of the molecule is CCCC(CC(=O)O)Nc1c([N+](=O)[O-])c(C)nn1C. The smallest absolute Gasteiger partial charge is 0.333 e. The van der Waals surface area contributed by atoms with Gasteiger partial charge in [-0.1, -0.05) is 13.3 Å². The van der Waals surface area contributed by atoms with Gasteiger partial charge in [0.25, 0.3) is 0 Å². The number of nitrogens with zero attached hydrogens (tertiary/aromatic N) is 3. The average molecular weight is 270 g/mol. The van der Waals surface area contributed by atoms with E-state index >= 15 is 0 Å². The number of aryl methyl sites for hydroxylation is 2. The molecule has 1 atom stereocenters. The number of carboxylic acid groups (broad SMARTS) is 1. The lowest BCUT2D eigenvalue weighted by molar-refractivity contribution is -0.384. The Morgan fingerprint density at radius 1 is 1.63 bits per heavy atom. The van der Waals surface area contributed by atoms with Gasteiger partial charge in [0.05, 0.1) is 11.3 Å². The second-order valence-electron chi connectivity index (χ2n) is 4.39. The van der Waals surface area contributed by atoms with Crippen molar-refractivity contribution in [1.29, 1.82) is 0 Å². The van der Waals surface area contributed by atoms with Gasteiger partial charge >= 0.3 is 11.7 Å². The standard InChI is InChI=1S/C11H18N4O4/c1-4-5-8(6-9(16)17)12-11-10(15(18)19)7(2)13-14(11)3/h8,12H,4-6H2,1-3H3,(H,16,17). The number of carboxylic acids is 1. The van der Waals surface area contributed by atoms with Crippen LogP contribution in [0.25, 0.3) is 0 Å². The van der Waals surface area contributed by atoms with E-state index < -0.39 is 10.9 Å². The van der Waals surface area contributed by atoms with Gasteiger partial charge in [-0.25, -0.2) is 4.68 Å². The van der Waals surface area contributed by atoms with Crippen LogP contribution in [0.5, 0.6) is 0 Å². The van der Waals surface area contributed by atoms with Crippen LogP contribution in [0.15, 0.2) is 0 Å². The largest absolute Gasteiger partial charge is 0.481 e. The number of rotatable bonds is 7. The van der Waals surface area contributed by atoms with Crippen molar-refractivity contribution < 1.29 is 14.8 Å². The van der Waals surface area contributed by atoms with Crippen molar-refractivity contribution in [3.05, 3.63) is 15.8 Å². The summed E-state index contributed by atoms with van der Waals surface area (Å²) in [6, 6.07) is -0.351. The summed E-state index contributed by atoms with van der Waals surface area (Å²) < 4.78 is 1.37. The molecular formula is C11H18N4O4. The van der Waals surface area contributed by atoms with Crippen molar-refractivity contribution in [3.8, 4) is 0 Å². The van der Waals surface area contributed by atoms with E-state index in [1.807, 2.05) is 6.92 Å². The number of hydrogen-bond donors (Lipinski definition) is 2. The van der Waals surface area contributed by atoms with E-state index in [0.29, 0.717) is 12.1 Å². The summed E-state index contributed by atoms with van der Waals surface area (Å²) in [5.41, 5.74) is 0.203. The molecule has 2 N–H and O–H groups in total. The first-order valence-electron chi connectivity index (χ1n) is 6.03. The quantitative estimate of drug-likeness (QED) is 0.576. The van der Waals surface area contributed by atoms with Gasteiger partial charge in [-0.3, -0.25) is 14.9 Å². The van der Waals surface area contributed by atoms with E-state index in [4.69, 9.17) is 5.11 Å². The van der Waals surface area contributed by atoms with E-state index in [2.05, 4.69) is 10.4 Å². The Balaban J connectivity index is 3.01. The van der Waals surface area contributed by atoms with E-state index in [1.54, 1.807) is 14.0 Å². The molecule has 19 heavy (non-hydrogen) atoms. The number of anilines is 1. The second-order valence-corrected chi connectivity index (χ2v) is 4.39. The zero-order valence-electron chi connectivity index (χ0n) is 11.2. The van der Waals surface area contributed by atoms with Gasteiger partial charge in [-0.05, 0) is 13.3 Å². The molecular weight excluding hydrogens is 252 g/mol. The number of carbonyl (C=O) groups is 1. The number of hydrogen-bond acceptors (Lipinski definition) is 5. The Kier molecular flexibility index (Phi) is 4.85. The highest BCUT2D eigenvalue weighted by atomic mass is 16.6. The van der Waals surface area contributed by atoms with Gasteiger partial charge in [0, 0.05) is 13.1 Å². The minimum Gasteiger partial charge on any atom is -0.481 e. The molecule has 1 unspecified atom stereocenters. The molecule has 1 aromatic heterocycles. The van der Waals surface area contributed by atoms with E-state index in [-0.39, 0.29) is 24.0 Å². The van der Waals surface area contributed by atoms with Crippen LogP contribution < -0.4 is 5.32 Å². The van der Waals surface area contributed by atoms with Crippen molar-refractivity contribution in [2.45, 2.75) is 39.2 Å². The predicted molar refractivity (Wildman–Crippen MR) is 69.2 cm³/mol. The summed E-state index contributed by atoms with van der Waals surface area (Å²) in [6.45, 7) is 3.48. The predicted octanol–water partition coefficient (Wildman–Crippen LogP) is 1.69. The second kappa shape index (κ2) is 6.17. The Bertz CT molecular complexity index is 483.